The first-order chi connectivity index (χ1) is 13.4. The molecule has 2 heterocycles. The van der Waals surface area contributed by atoms with E-state index >= 15 is 0 Å². The summed E-state index contributed by atoms with van der Waals surface area (Å²) in [7, 11) is 8.67. The Hall–Kier alpha value is -2.44. The second-order valence-electron chi connectivity index (χ2n) is 7.86. The average Bonchev–Trinajstić information content (AvgIpc) is 2.71. The number of rotatable bonds is 4. The minimum absolute atomic E-state index is 0.502. The van der Waals surface area contributed by atoms with Crippen LogP contribution in [0, 0.1) is 0 Å². The third kappa shape index (κ3) is 2.55. The molecule has 2 aliphatic rings. The zero-order valence-electron chi connectivity index (χ0n) is 17.2. The standard InChI is InChI=1S/C22H28NO5/c1-23-7-6-14-8-18(25-2)21(28-5)11-17(14)22(23,24)12-15-9-19(26-3)20(27-4)10-16(15)13-23/h8-11,24H,6-7,12-13H2,1-5H3/q+1. The van der Waals surface area contributed by atoms with E-state index < -0.39 is 5.72 Å². The molecule has 0 fully saturated rings. The highest BCUT2D eigenvalue weighted by molar-refractivity contribution is 5.52. The number of hydrogen-bond donors (Lipinski definition) is 1. The van der Waals surface area contributed by atoms with Crippen LogP contribution in [-0.4, -0.2) is 51.6 Å². The summed E-state index contributed by atoms with van der Waals surface area (Å²) in [6.45, 7) is 1.56. The van der Waals surface area contributed by atoms with Gasteiger partial charge in [0.25, 0.3) is 0 Å². The molecule has 0 amide bonds. The van der Waals surface area contributed by atoms with Gasteiger partial charge in [-0.1, -0.05) is 0 Å². The second-order valence-corrected chi connectivity index (χ2v) is 7.86. The molecule has 150 valence electrons. The predicted molar refractivity (Wildman–Crippen MR) is 105 cm³/mol. The first-order valence-electron chi connectivity index (χ1n) is 9.45. The quantitative estimate of drug-likeness (QED) is 0.819. The number of methoxy groups -OCH3 is 4. The van der Waals surface area contributed by atoms with Crippen LogP contribution in [-0.2, 0) is 25.1 Å². The van der Waals surface area contributed by atoms with Crippen LogP contribution in [0.1, 0.15) is 22.3 Å². The van der Waals surface area contributed by atoms with Gasteiger partial charge in [-0.25, -0.2) is 0 Å². The maximum atomic E-state index is 12.0. The summed E-state index contributed by atoms with van der Waals surface area (Å²) >= 11 is 0. The molecule has 0 bridgehead atoms. The van der Waals surface area contributed by atoms with Gasteiger partial charge in [0.05, 0.1) is 48.5 Å². The molecule has 0 saturated heterocycles. The van der Waals surface area contributed by atoms with E-state index in [0.717, 1.165) is 42.0 Å². The fourth-order valence-corrected chi connectivity index (χ4v) is 4.76. The normalized spacial score (nSPS) is 25.2. The van der Waals surface area contributed by atoms with Gasteiger partial charge in [0.2, 0.25) is 5.72 Å². The summed E-state index contributed by atoms with van der Waals surface area (Å²) < 4.78 is 22.5. The van der Waals surface area contributed by atoms with Crippen molar-refractivity contribution in [3.8, 4) is 23.0 Å². The van der Waals surface area contributed by atoms with Gasteiger partial charge in [-0.05, 0) is 35.4 Å². The van der Waals surface area contributed by atoms with Crippen molar-refractivity contribution in [2.24, 2.45) is 0 Å². The van der Waals surface area contributed by atoms with Gasteiger partial charge in [0, 0.05) is 17.5 Å². The van der Waals surface area contributed by atoms with Crippen molar-refractivity contribution in [1.82, 2.24) is 0 Å². The highest BCUT2D eigenvalue weighted by Gasteiger charge is 2.55. The highest BCUT2D eigenvalue weighted by atomic mass is 16.5. The van der Waals surface area contributed by atoms with E-state index in [1.165, 1.54) is 5.56 Å². The van der Waals surface area contributed by atoms with Crippen molar-refractivity contribution >= 4 is 0 Å². The molecule has 6 heteroatoms. The molecule has 0 saturated carbocycles. The minimum Gasteiger partial charge on any atom is -0.493 e. The zero-order chi connectivity index (χ0) is 20.1. The molecule has 2 atom stereocenters. The van der Waals surface area contributed by atoms with Gasteiger partial charge in [0.1, 0.15) is 6.54 Å². The van der Waals surface area contributed by atoms with Gasteiger partial charge in [-0.2, -0.15) is 0 Å². The van der Waals surface area contributed by atoms with E-state index in [2.05, 4.69) is 7.05 Å². The third-order valence-electron chi connectivity index (χ3n) is 6.47. The molecule has 0 aromatic heterocycles. The van der Waals surface area contributed by atoms with E-state index in [1.807, 2.05) is 24.3 Å². The molecule has 0 aliphatic carbocycles. The molecule has 6 nitrogen and oxygen atoms in total. The summed E-state index contributed by atoms with van der Waals surface area (Å²) in [6, 6.07) is 7.97. The Morgan fingerprint density at radius 1 is 0.786 bits per heavy atom. The van der Waals surface area contributed by atoms with Crippen LogP contribution in [0.2, 0.25) is 0 Å². The van der Waals surface area contributed by atoms with E-state index in [4.69, 9.17) is 18.9 Å². The monoisotopic (exact) mass is 386 g/mol. The number of benzene rings is 2. The molecule has 2 aromatic rings. The van der Waals surface area contributed by atoms with Crippen molar-refractivity contribution in [2.75, 3.05) is 42.0 Å². The summed E-state index contributed by atoms with van der Waals surface area (Å²) in [5.41, 5.74) is 3.26. The van der Waals surface area contributed by atoms with Crippen LogP contribution in [0.3, 0.4) is 0 Å². The SMILES string of the molecule is COc1cc2c(cc1OC)C[N+]1(C)CCc3cc(OC)c(OC)cc3C1(O)C2. The first kappa shape index (κ1) is 18.9. The number of aliphatic hydroxyl groups is 1. The topological polar surface area (TPSA) is 57.2 Å². The van der Waals surface area contributed by atoms with Crippen LogP contribution in [0.5, 0.6) is 23.0 Å². The van der Waals surface area contributed by atoms with E-state index in [9.17, 15) is 5.11 Å². The zero-order valence-corrected chi connectivity index (χ0v) is 17.2. The summed E-state index contributed by atoms with van der Waals surface area (Å²) in [4.78, 5) is 0. The van der Waals surface area contributed by atoms with Crippen molar-refractivity contribution < 1.29 is 28.5 Å². The van der Waals surface area contributed by atoms with E-state index in [1.54, 1.807) is 28.4 Å². The Morgan fingerprint density at radius 2 is 1.29 bits per heavy atom. The molecule has 2 unspecified atom stereocenters. The molecule has 2 aliphatic heterocycles. The van der Waals surface area contributed by atoms with Gasteiger partial charge >= 0.3 is 0 Å². The molecule has 0 spiro atoms. The largest absolute Gasteiger partial charge is 0.493 e. The highest BCUT2D eigenvalue weighted by Crippen LogP contribution is 2.49. The number of nitrogens with zero attached hydrogens (tertiary/aromatic N) is 1. The second kappa shape index (κ2) is 6.57. The summed E-state index contributed by atoms with van der Waals surface area (Å²) in [5.74, 6) is 2.75. The minimum atomic E-state index is -1.04. The lowest BCUT2D eigenvalue weighted by molar-refractivity contribution is -1.01. The Kier molecular flexibility index (Phi) is 4.43. The fourth-order valence-electron chi connectivity index (χ4n) is 4.76. The Balaban J connectivity index is 1.87. The summed E-state index contributed by atoms with van der Waals surface area (Å²) in [5, 5.41) is 12.0. The number of likely N-dealkylation sites (N-methyl/N-ethyl adjacent to an activating group) is 1. The Labute approximate surface area is 165 Å². The van der Waals surface area contributed by atoms with Gasteiger partial charge in [-0.15, -0.1) is 0 Å². The maximum absolute atomic E-state index is 12.0. The smallest absolute Gasteiger partial charge is 0.232 e. The van der Waals surface area contributed by atoms with Crippen molar-refractivity contribution in [3.05, 3.63) is 46.5 Å². The molecule has 28 heavy (non-hydrogen) atoms. The van der Waals surface area contributed by atoms with Crippen LogP contribution < -0.4 is 18.9 Å². The molecule has 0 radical (unpaired) electrons. The molecule has 2 aromatic carbocycles. The predicted octanol–water partition coefficient (Wildman–Crippen LogP) is 2.63. The number of hydrogen-bond acceptors (Lipinski definition) is 5. The van der Waals surface area contributed by atoms with Crippen LogP contribution in [0.4, 0.5) is 0 Å². The Bertz CT molecular complexity index is 928. The van der Waals surface area contributed by atoms with Gasteiger partial charge < -0.3 is 24.1 Å². The Morgan fingerprint density at radius 3 is 1.86 bits per heavy atom. The lowest BCUT2D eigenvalue weighted by atomic mass is 9.78. The van der Waals surface area contributed by atoms with Gasteiger partial charge in [-0.3, -0.25) is 4.48 Å². The number of quaternary nitrogens is 1. The number of fused-ring (bicyclic) bond motifs is 4. The van der Waals surface area contributed by atoms with Gasteiger partial charge in [0.15, 0.2) is 23.0 Å². The summed E-state index contributed by atoms with van der Waals surface area (Å²) in [6.07, 6.45) is 1.37. The molecular weight excluding hydrogens is 358 g/mol. The molecular formula is C22H28NO5+. The lowest BCUT2D eigenvalue weighted by Crippen LogP contribution is -2.65. The van der Waals surface area contributed by atoms with Crippen molar-refractivity contribution in [1.29, 1.82) is 0 Å². The van der Waals surface area contributed by atoms with Crippen LogP contribution >= 0.6 is 0 Å². The fraction of sp³-hybridized carbons (Fsp3) is 0.455. The van der Waals surface area contributed by atoms with Crippen LogP contribution in [0.25, 0.3) is 0 Å². The van der Waals surface area contributed by atoms with Crippen molar-refractivity contribution in [3.63, 3.8) is 0 Å². The maximum Gasteiger partial charge on any atom is 0.232 e. The first-order valence-corrected chi connectivity index (χ1v) is 9.45. The van der Waals surface area contributed by atoms with E-state index in [0.29, 0.717) is 28.2 Å². The van der Waals surface area contributed by atoms with Crippen LogP contribution in [0.15, 0.2) is 24.3 Å². The third-order valence-corrected chi connectivity index (χ3v) is 6.47. The number of ether oxygens (including phenoxy) is 4. The molecule has 4 rings (SSSR count). The van der Waals surface area contributed by atoms with E-state index in [-0.39, 0.29) is 0 Å². The van der Waals surface area contributed by atoms with Crippen molar-refractivity contribution in [2.45, 2.75) is 25.1 Å². The lowest BCUT2D eigenvalue weighted by Gasteiger charge is -2.54. The average molecular weight is 386 g/mol. The molecule has 1 N–H and O–H groups in total.